The van der Waals surface area contributed by atoms with Gasteiger partial charge in [0.2, 0.25) is 0 Å². The highest BCUT2D eigenvalue weighted by atomic mass is 16.5. The summed E-state index contributed by atoms with van der Waals surface area (Å²) in [5.41, 5.74) is 5.83. The number of rotatable bonds is 5. The first kappa shape index (κ1) is 12.5. The van der Waals surface area contributed by atoms with Gasteiger partial charge in [0.15, 0.2) is 0 Å². The van der Waals surface area contributed by atoms with E-state index in [4.69, 9.17) is 10.5 Å². The van der Waals surface area contributed by atoms with Gasteiger partial charge in [-0.25, -0.2) is 0 Å². The monoisotopic (exact) mass is 214 g/mol. The van der Waals surface area contributed by atoms with Gasteiger partial charge >= 0.3 is 5.97 Å². The Balaban J connectivity index is 2.25. The van der Waals surface area contributed by atoms with Crippen LogP contribution >= 0.6 is 0 Å². The largest absolute Gasteiger partial charge is 0.468 e. The Morgan fingerprint density at radius 2 is 2.33 bits per heavy atom. The van der Waals surface area contributed by atoms with Gasteiger partial charge in [0.25, 0.3) is 0 Å². The summed E-state index contributed by atoms with van der Waals surface area (Å²) >= 11 is 0. The Bertz CT molecular complexity index is 209. The summed E-state index contributed by atoms with van der Waals surface area (Å²) in [6, 6.07) is 0.196. The molecule has 0 aromatic carbocycles. The molecule has 0 bridgehead atoms. The van der Waals surface area contributed by atoms with Crippen LogP contribution in [0.2, 0.25) is 0 Å². The number of ether oxygens (including phenoxy) is 1. The molecule has 0 radical (unpaired) electrons. The molecule has 0 amide bonds. The molecule has 0 saturated heterocycles. The van der Waals surface area contributed by atoms with Crippen LogP contribution in [0.4, 0.5) is 0 Å². The van der Waals surface area contributed by atoms with Gasteiger partial charge in [0.1, 0.15) is 6.04 Å². The lowest BCUT2D eigenvalue weighted by Crippen LogP contribution is -2.39. The molecule has 0 spiro atoms. The lowest BCUT2D eigenvalue weighted by atomic mass is 10.1. The molecule has 1 aliphatic carbocycles. The Morgan fingerprint density at radius 1 is 1.60 bits per heavy atom. The highest BCUT2D eigenvalue weighted by molar-refractivity contribution is 5.75. The zero-order chi connectivity index (χ0) is 11.3. The first-order chi connectivity index (χ1) is 7.17. The minimum atomic E-state index is -0.167. The number of hydrogen-bond acceptors (Lipinski definition) is 4. The number of carbonyl (C=O) groups is 1. The van der Waals surface area contributed by atoms with Gasteiger partial charge in [0.05, 0.1) is 7.11 Å². The van der Waals surface area contributed by atoms with Crippen LogP contribution in [0.5, 0.6) is 0 Å². The van der Waals surface area contributed by atoms with E-state index >= 15 is 0 Å². The fourth-order valence-corrected chi connectivity index (χ4v) is 2.14. The topological polar surface area (TPSA) is 64.3 Å². The molecule has 1 fully saturated rings. The lowest BCUT2D eigenvalue weighted by molar-refractivity contribution is -0.143. The molecular formula is C11H22N2O2. The van der Waals surface area contributed by atoms with E-state index in [9.17, 15) is 4.79 Å². The summed E-state index contributed by atoms with van der Waals surface area (Å²) in [5.74, 6) is 0.457. The maximum absolute atomic E-state index is 11.3. The second-order valence-corrected chi connectivity index (χ2v) is 4.33. The van der Waals surface area contributed by atoms with Gasteiger partial charge in [-0.3, -0.25) is 4.79 Å². The molecular weight excluding hydrogens is 192 g/mol. The second kappa shape index (κ2) is 6.08. The van der Waals surface area contributed by atoms with Crippen LogP contribution in [-0.2, 0) is 9.53 Å². The van der Waals surface area contributed by atoms with Crippen LogP contribution in [0.15, 0.2) is 0 Å². The Kier molecular flexibility index (Phi) is 5.05. The van der Waals surface area contributed by atoms with Crippen molar-refractivity contribution in [1.82, 2.24) is 5.32 Å². The Hall–Kier alpha value is -0.610. The number of nitrogens with two attached hydrogens (primary N) is 1. The van der Waals surface area contributed by atoms with E-state index in [1.807, 2.05) is 6.92 Å². The summed E-state index contributed by atoms with van der Waals surface area (Å²) in [7, 11) is 1.43. The number of methoxy groups -OCH3 is 1. The highest BCUT2D eigenvalue weighted by Gasteiger charge is 2.23. The zero-order valence-corrected chi connectivity index (χ0v) is 9.66. The second-order valence-electron chi connectivity index (χ2n) is 4.33. The van der Waals surface area contributed by atoms with E-state index in [1.165, 1.54) is 13.5 Å². The van der Waals surface area contributed by atoms with Gasteiger partial charge in [-0.15, -0.1) is 0 Å². The van der Waals surface area contributed by atoms with Crippen molar-refractivity contribution >= 4 is 5.97 Å². The first-order valence-electron chi connectivity index (χ1n) is 5.74. The fraction of sp³-hybridized carbons (Fsp3) is 0.909. The van der Waals surface area contributed by atoms with Crippen LogP contribution in [0, 0.1) is 5.92 Å². The van der Waals surface area contributed by atoms with Gasteiger partial charge in [0, 0.05) is 6.04 Å². The fourth-order valence-electron chi connectivity index (χ4n) is 2.14. The van der Waals surface area contributed by atoms with Crippen LogP contribution in [0.25, 0.3) is 0 Å². The number of carbonyl (C=O) groups excluding carboxylic acids is 1. The van der Waals surface area contributed by atoms with Crippen molar-refractivity contribution in [2.75, 3.05) is 13.7 Å². The van der Waals surface area contributed by atoms with Crippen molar-refractivity contribution in [2.45, 2.75) is 44.7 Å². The molecule has 1 aliphatic rings. The molecule has 1 rings (SSSR count). The third-order valence-corrected chi connectivity index (χ3v) is 3.13. The van der Waals surface area contributed by atoms with Crippen molar-refractivity contribution in [3.63, 3.8) is 0 Å². The van der Waals surface area contributed by atoms with Crippen LogP contribution < -0.4 is 11.1 Å². The summed E-state index contributed by atoms with van der Waals surface area (Å²) in [6.07, 6.45) is 4.13. The van der Waals surface area contributed by atoms with Gasteiger partial charge in [-0.2, -0.15) is 0 Å². The molecule has 0 aromatic rings. The maximum Gasteiger partial charge on any atom is 0.322 e. The molecule has 4 nitrogen and oxygen atoms in total. The van der Waals surface area contributed by atoms with Crippen LogP contribution in [0.1, 0.15) is 32.6 Å². The molecule has 88 valence electrons. The summed E-state index contributed by atoms with van der Waals surface area (Å²) in [4.78, 5) is 11.3. The van der Waals surface area contributed by atoms with Gasteiger partial charge in [-0.1, -0.05) is 6.92 Å². The van der Waals surface area contributed by atoms with Crippen molar-refractivity contribution < 1.29 is 9.53 Å². The average Bonchev–Trinajstić information content (AvgIpc) is 2.64. The maximum atomic E-state index is 11.3. The van der Waals surface area contributed by atoms with Crippen LogP contribution in [-0.4, -0.2) is 31.7 Å². The summed E-state index contributed by atoms with van der Waals surface area (Å²) in [6.45, 7) is 2.86. The van der Waals surface area contributed by atoms with Gasteiger partial charge < -0.3 is 15.8 Å². The van der Waals surface area contributed by atoms with E-state index in [1.54, 1.807) is 0 Å². The third kappa shape index (κ3) is 3.80. The first-order valence-corrected chi connectivity index (χ1v) is 5.74. The molecule has 3 N–H and O–H groups in total. The average molecular weight is 214 g/mol. The van der Waals surface area contributed by atoms with Gasteiger partial charge in [-0.05, 0) is 38.1 Å². The highest BCUT2D eigenvalue weighted by Crippen LogP contribution is 2.23. The van der Waals surface area contributed by atoms with Crippen molar-refractivity contribution in [3.05, 3.63) is 0 Å². The predicted octanol–water partition coefficient (Wildman–Crippen LogP) is 0.655. The normalized spacial score (nSPS) is 27.7. The molecule has 1 unspecified atom stereocenters. The SMILES string of the molecule is CCC(NC[C@@H]1CC[C@H](N)C1)C(=O)OC. The minimum Gasteiger partial charge on any atom is -0.468 e. The third-order valence-electron chi connectivity index (χ3n) is 3.13. The van der Waals surface area contributed by atoms with E-state index in [-0.39, 0.29) is 12.0 Å². The van der Waals surface area contributed by atoms with E-state index < -0.39 is 0 Å². The van der Waals surface area contributed by atoms with E-state index in [0.29, 0.717) is 12.0 Å². The van der Waals surface area contributed by atoms with Crippen molar-refractivity contribution in [2.24, 2.45) is 11.7 Å². The summed E-state index contributed by atoms with van der Waals surface area (Å²) in [5, 5.41) is 3.25. The molecule has 0 aliphatic heterocycles. The van der Waals surface area contributed by atoms with E-state index in [0.717, 1.165) is 25.8 Å². The molecule has 3 atom stereocenters. The smallest absolute Gasteiger partial charge is 0.322 e. The number of nitrogens with one attached hydrogen (secondary N) is 1. The standard InChI is InChI=1S/C11H22N2O2/c1-3-10(11(14)15-2)13-7-8-4-5-9(12)6-8/h8-10,13H,3-7,12H2,1-2H3/t8-,9+,10?/m1/s1. The van der Waals surface area contributed by atoms with Crippen molar-refractivity contribution in [3.8, 4) is 0 Å². The zero-order valence-electron chi connectivity index (χ0n) is 9.66. The van der Waals surface area contributed by atoms with Crippen LogP contribution in [0.3, 0.4) is 0 Å². The number of hydrogen-bond donors (Lipinski definition) is 2. The molecule has 0 aromatic heterocycles. The predicted molar refractivity (Wildman–Crippen MR) is 59.4 cm³/mol. The van der Waals surface area contributed by atoms with E-state index in [2.05, 4.69) is 5.32 Å². The van der Waals surface area contributed by atoms with Crippen molar-refractivity contribution in [1.29, 1.82) is 0 Å². The summed E-state index contributed by atoms with van der Waals surface area (Å²) < 4.78 is 4.71. The molecule has 1 saturated carbocycles. The molecule has 4 heteroatoms. The quantitative estimate of drug-likeness (QED) is 0.660. The minimum absolute atomic E-state index is 0.160. The Morgan fingerprint density at radius 3 is 2.80 bits per heavy atom. The Labute approximate surface area is 91.5 Å². The molecule has 15 heavy (non-hydrogen) atoms. The molecule has 0 heterocycles. The lowest BCUT2D eigenvalue weighted by Gasteiger charge is -2.17. The number of esters is 1.